The van der Waals surface area contributed by atoms with Crippen LogP contribution in [0, 0.1) is 0 Å². The summed E-state index contributed by atoms with van der Waals surface area (Å²) in [5.41, 5.74) is 0. The topological polar surface area (TPSA) is 161 Å². The van der Waals surface area contributed by atoms with Crippen LogP contribution in [0.25, 0.3) is 0 Å². The second-order valence-electron chi connectivity index (χ2n) is 22.8. The molecular weight excluding hydrogens is 1100 g/mol. The van der Waals surface area contributed by atoms with E-state index in [9.17, 15) is 39.6 Å². The Morgan fingerprint density at radius 1 is 0.207 bits per heavy atom. The third kappa shape index (κ3) is 106. The van der Waals surface area contributed by atoms with Crippen LogP contribution in [0.3, 0.4) is 0 Å². The minimum atomic E-state index is -0.914. The zero-order chi connectivity index (χ0) is 59.6. The van der Waals surface area contributed by atoms with Gasteiger partial charge in [0.15, 0.2) is 0 Å². The molecule has 10 heteroatoms. The number of hydrogen-bond acceptors (Lipinski definition) is 8. The maximum absolute atomic E-state index is 10.2. The van der Waals surface area contributed by atoms with Gasteiger partial charge in [0.05, 0.1) is 0 Å². The van der Waals surface area contributed by atoms with E-state index in [-0.39, 0.29) is 59.8 Å². The number of allylic oxidation sites excluding steroid dienone is 8. The second kappa shape index (κ2) is 87.7. The first-order chi connectivity index (χ1) is 39.1. The Morgan fingerprint density at radius 2 is 0.317 bits per heavy atom. The van der Waals surface area contributed by atoms with Crippen LogP contribution in [0.1, 0.15) is 387 Å². The van der Waals surface area contributed by atoms with Crippen molar-refractivity contribution in [2.75, 3.05) is 0 Å². The monoisotopic (exact) mass is 1240 g/mol. The summed E-state index contributed by atoms with van der Waals surface area (Å²) in [6.45, 7) is 9.02. The summed E-state index contributed by atoms with van der Waals surface area (Å²) in [5, 5.41) is 40.9. The summed E-state index contributed by atoms with van der Waals surface area (Å²) in [6.07, 6.45) is 83.6. The van der Waals surface area contributed by atoms with Crippen molar-refractivity contribution in [1.29, 1.82) is 0 Å². The molecule has 0 unspecified atom stereocenters. The fourth-order valence-electron chi connectivity index (χ4n) is 9.36. The van der Waals surface area contributed by atoms with Crippen molar-refractivity contribution in [2.24, 2.45) is 0 Å². The minimum Gasteiger partial charge on any atom is -0.550 e. The second-order valence-corrected chi connectivity index (χ2v) is 22.8. The molecule has 0 heterocycles. The van der Waals surface area contributed by atoms with Gasteiger partial charge in [-0.2, -0.15) is 0 Å². The summed E-state index contributed by atoms with van der Waals surface area (Å²) in [7, 11) is 0. The predicted octanol–water partition coefficient (Wildman–Crippen LogP) is 19.1. The van der Waals surface area contributed by atoms with Crippen LogP contribution in [0.5, 0.6) is 0 Å². The molecular formula is C72H132FeMnO8. The van der Waals surface area contributed by atoms with Gasteiger partial charge in [0.1, 0.15) is 0 Å². The Hall–Kier alpha value is -2.12. The minimum absolute atomic E-state index is 0. The zero-order valence-electron chi connectivity index (χ0n) is 54.2. The summed E-state index contributed by atoms with van der Waals surface area (Å²) in [6, 6.07) is 0. The van der Waals surface area contributed by atoms with Crippen molar-refractivity contribution in [3.05, 3.63) is 48.6 Å². The van der Waals surface area contributed by atoms with Crippen molar-refractivity contribution < 1.29 is 73.7 Å². The van der Waals surface area contributed by atoms with E-state index in [1.54, 1.807) is 0 Å². The summed E-state index contributed by atoms with van der Waals surface area (Å²) in [5.74, 6) is -3.66. The van der Waals surface area contributed by atoms with E-state index in [1.807, 2.05) is 0 Å². The van der Waals surface area contributed by atoms with Crippen LogP contribution >= 0.6 is 0 Å². The third-order valence-corrected chi connectivity index (χ3v) is 14.6. The van der Waals surface area contributed by atoms with Crippen molar-refractivity contribution in [3.63, 3.8) is 0 Å². The molecule has 0 N–H and O–H groups in total. The molecule has 0 bridgehead atoms. The average Bonchev–Trinajstić information content (AvgIpc) is 3.43. The molecule has 82 heavy (non-hydrogen) atoms. The van der Waals surface area contributed by atoms with Gasteiger partial charge in [-0.05, 0) is 154 Å². The molecule has 0 spiro atoms. The molecule has 0 aromatic heterocycles. The predicted molar refractivity (Wildman–Crippen MR) is 338 cm³/mol. The van der Waals surface area contributed by atoms with E-state index >= 15 is 0 Å². The Morgan fingerprint density at radius 3 is 0.439 bits per heavy atom. The molecule has 0 rings (SSSR count). The number of rotatable bonds is 60. The Kier molecular flexibility index (Phi) is 97.3. The van der Waals surface area contributed by atoms with Gasteiger partial charge in [0.2, 0.25) is 0 Å². The quantitative estimate of drug-likeness (QED) is 0.0330. The van der Waals surface area contributed by atoms with Crippen LogP contribution < -0.4 is 20.4 Å². The van der Waals surface area contributed by atoms with E-state index in [1.165, 1.54) is 257 Å². The molecule has 0 aliphatic rings. The number of carbonyl (C=O) groups excluding carboxylic acids is 4. The van der Waals surface area contributed by atoms with E-state index in [2.05, 4.69) is 76.3 Å². The Bertz CT molecular complexity index is 1150. The normalized spacial score (nSPS) is 11.0. The van der Waals surface area contributed by atoms with Gasteiger partial charge in [-0.15, -0.1) is 0 Å². The molecule has 1 radical (unpaired) electrons. The first kappa shape index (κ1) is 91.1. The van der Waals surface area contributed by atoms with Gasteiger partial charge in [-0.3, -0.25) is 0 Å². The molecule has 0 amide bonds. The molecule has 8 nitrogen and oxygen atoms in total. The first-order valence-electron chi connectivity index (χ1n) is 34.5. The standard InChI is InChI=1S/4C18H34O2.Fe.Mn/c4*1-2-3-4-5-6-7-8-9-10-11-12-13-14-15-16-17-18(19)20;;/h4*9-10H,2-8,11-17H2,1H3,(H,19,20);;/q;;;;2*+2/p-4/b4*10-9-;;. The molecule has 0 saturated carbocycles. The largest absolute Gasteiger partial charge is 2.00 e. The van der Waals surface area contributed by atoms with Crippen molar-refractivity contribution in [2.45, 2.75) is 387 Å². The van der Waals surface area contributed by atoms with Crippen molar-refractivity contribution in [1.82, 2.24) is 0 Å². The van der Waals surface area contributed by atoms with Gasteiger partial charge in [-0.1, -0.05) is 282 Å². The smallest absolute Gasteiger partial charge is 0.550 e. The maximum Gasteiger partial charge on any atom is 2.00 e. The fourth-order valence-corrected chi connectivity index (χ4v) is 9.36. The Balaban J connectivity index is -0.000000233. The molecule has 0 fully saturated rings. The number of aliphatic carboxylic acids is 4. The zero-order valence-corrected chi connectivity index (χ0v) is 56.5. The third-order valence-electron chi connectivity index (χ3n) is 14.6. The van der Waals surface area contributed by atoms with Crippen LogP contribution in [0.15, 0.2) is 48.6 Å². The molecule has 0 aromatic carbocycles. The van der Waals surface area contributed by atoms with Crippen molar-refractivity contribution >= 4 is 23.9 Å². The molecule has 483 valence electrons. The number of carbonyl (C=O) groups is 4. The average molecular weight is 1240 g/mol. The van der Waals surface area contributed by atoms with E-state index < -0.39 is 23.9 Å². The van der Waals surface area contributed by atoms with Gasteiger partial charge in [-0.25, -0.2) is 0 Å². The number of hydrogen-bond donors (Lipinski definition) is 0. The first-order valence-corrected chi connectivity index (χ1v) is 34.5. The molecule has 0 atom stereocenters. The number of carboxylic acids is 4. The van der Waals surface area contributed by atoms with Gasteiger partial charge in [0, 0.05) is 23.9 Å². The molecule has 0 saturated heterocycles. The van der Waals surface area contributed by atoms with Gasteiger partial charge < -0.3 is 39.6 Å². The van der Waals surface area contributed by atoms with Crippen LogP contribution in [-0.2, 0) is 53.3 Å². The summed E-state index contributed by atoms with van der Waals surface area (Å²) >= 11 is 0. The summed E-state index contributed by atoms with van der Waals surface area (Å²) < 4.78 is 0. The molecule has 0 aromatic rings. The number of unbranched alkanes of at least 4 members (excludes halogenated alkanes) is 44. The van der Waals surface area contributed by atoms with Gasteiger partial charge >= 0.3 is 34.1 Å². The molecule has 0 aliphatic carbocycles. The SMILES string of the molecule is CCCCCCCC/C=C\CCCCCCCC(=O)[O-].CCCCCCCC/C=C\CCCCCCCC(=O)[O-].CCCCCCCC/C=C\CCCCCCCC(=O)[O-].CCCCCCCC/C=C\CCCCCCCC(=O)[O-].[Fe+2].[Mn+2]. The van der Waals surface area contributed by atoms with E-state index in [0.717, 1.165) is 77.0 Å². The summed E-state index contributed by atoms with van der Waals surface area (Å²) in [4.78, 5) is 40.9. The van der Waals surface area contributed by atoms with Crippen LogP contribution in [-0.4, -0.2) is 23.9 Å². The van der Waals surface area contributed by atoms with Crippen LogP contribution in [0.4, 0.5) is 0 Å². The van der Waals surface area contributed by atoms with E-state index in [0.29, 0.717) is 0 Å². The van der Waals surface area contributed by atoms with E-state index in [4.69, 9.17) is 0 Å². The number of carboxylic acid groups (broad SMARTS) is 4. The maximum atomic E-state index is 10.2. The van der Waals surface area contributed by atoms with Crippen molar-refractivity contribution in [3.8, 4) is 0 Å². The molecule has 0 aliphatic heterocycles. The van der Waals surface area contributed by atoms with Gasteiger partial charge in [0.25, 0.3) is 0 Å². The Labute approximate surface area is 530 Å². The fraction of sp³-hybridized carbons (Fsp3) is 0.833. The van der Waals surface area contributed by atoms with Crippen LogP contribution in [0.2, 0.25) is 0 Å².